The van der Waals surface area contributed by atoms with E-state index in [9.17, 15) is 4.79 Å². The van der Waals surface area contributed by atoms with Gasteiger partial charge in [-0.25, -0.2) is 4.79 Å². The number of carbonyl (C=O) groups excluding carboxylic acids is 1. The monoisotopic (exact) mass is 240 g/mol. The second kappa shape index (κ2) is 7.12. The van der Waals surface area contributed by atoms with Gasteiger partial charge in [-0.3, -0.25) is 0 Å². The number of amides is 1. The van der Waals surface area contributed by atoms with Crippen LogP contribution in [0.3, 0.4) is 0 Å². The van der Waals surface area contributed by atoms with Crippen molar-refractivity contribution < 1.29 is 9.53 Å². The fraction of sp³-hybridized carbons (Fsp3) is 0.615. The highest BCUT2D eigenvalue weighted by Crippen LogP contribution is 2.06. The van der Waals surface area contributed by atoms with Gasteiger partial charge in [0, 0.05) is 13.1 Å². The second-order valence-corrected chi connectivity index (χ2v) is 5.08. The normalized spacial score (nSPS) is 12.7. The summed E-state index contributed by atoms with van der Waals surface area (Å²) in [5, 5.41) is 5.89. The van der Waals surface area contributed by atoms with Gasteiger partial charge in [0.15, 0.2) is 0 Å². The molecular weight excluding hydrogens is 216 g/mol. The third-order valence-electron chi connectivity index (χ3n) is 1.78. The second-order valence-electron chi connectivity index (χ2n) is 5.08. The lowest BCUT2D eigenvalue weighted by Gasteiger charge is -2.22. The van der Waals surface area contributed by atoms with E-state index in [0.29, 0.717) is 6.54 Å². The van der Waals surface area contributed by atoms with Crippen LogP contribution in [0.5, 0.6) is 0 Å². The summed E-state index contributed by atoms with van der Waals surface area (Å²) in [5.41, 5.74) is 0.561. The Morgan fingerprint density at radius 1 is 1.47 bits per heavy atom. The van der Waals surface area contributed by atoms with Gasteiger partial charge in [-0.1, -0.05) is 18.2 Å². The number of carbonyl (C=O) groups is 1. The van der Waals surface area contributed by atoms with Crippen LogP contribution >= 0.6 is 0 Å². The first kappa shape index (κ1) is 15.7. The van der Waals surface area contributed by atoms with Crippen molar-refractivity contribution in [2.45, 2.75) is 39.3 Å². The highest BCUT2D eigenvalue weighted by molar-refractivity contribution is 5.68. The van der Waals surface area contributed by atoms with Crippen LogP contribution in [0.1, 0.15) is 27.7 Å². The number of rotatable bonds is 6. The number of hydrogen-bond donors (Lipinski definition) is 2. The zero-order valence-corrected chi connectivity index (χ0v) is 11.3. The summed E-state index contributed by atoms with van der Waals surface area (Å²) in [6.45, 7) is 16.2. The lowest BCUT2D eigenvalue weighted by molar-refractivity contribution is 0.0514. The minimum atomic E-state index is -0.485. The van der Waals surface area contributed by atoms with Gasteiger partial charge in [-0.15, -0.1) is 6.58 Å². The number of hydrogen-bond acceptors (Lipinski definition) is 3. The Hall–Kier alpha value is -1.29. The fourth-order valence-electron chi connectivity index (χ4n) is 1.09. The SMILES string of the molecule is C=CC(CNCC(=C)C)NC(=O)OC(C)(C)C. The molecule has 0 aromatic heterocycles. The van der Waals surface area contributed by atoms with E-state index in [2.05, 4.69) is 23.8 Å². The molecule has 0 heterocycles. The molecule has 0 saturated carbocycles. The van der Waals surface area contributed by atoms with Crippen LogP contribution in [0.15, 0.2) is 24.8 Å². The van der Waals surface area contributed by atoms with Crippen LogP contribution in [-0.2, 0) is 4.74 Å². The molecule has 0 aliphatic heterocycles. The molecule has 1 atom stereocenters. The lowest BCUT2D eigenvalue weighted by atomic mass is 10.2. The summed E-state index contributed by atoms with van der Waals surface area (Å²) in [4.78, 5) is 11.5. The molecule has 1 amide bonds. The molecule has 0 aromatic carbocycles. The fourth-order valence-corrected chi connectivity index (χ4v) is 1.09. The smallest absolute Gasteiger partial charge is 0.408 e. The Bertz CT molecular complexity index is 280. The molecule has 0 bridgehead atoms. The quantitative estimate of drug-likeness (QED) is 0.700. The molecule has 98 valence electrons. The molecule has 4 heteroatoms. The molecule has 4 nitrogen and oxygen atoms in total. The molecule has 1 unspecified atom stereocenters. The molecule has 17 heavy (non-hydrogen) atoms. The lowest BCUT2D eigenvalue weighted by Crippen LogP contribution is -2.43. The van der Waals surface area contributed by atoms with Crippen molar-refractivity contribution in [1.82, 2.24) is 10.6 Å². The Balaban J connectivity index is 4.00. The van der Waals surface area contributed by atoms with Gasteiger partial charge < -0.3 is 15.4 Å². The maximum Gasteiger partial charge on any atom is 0.408 e. The Morgan fingerprint density at radius 2 is 2.06 bits per heavy atom. The largest absolute Gasteiger partial charge is 0.444 e. The summed E-state index contributed by atoms with van der Waals surface area (Å²) in [5.74, 6) is 0. The van der Waals surface area contributed by atoms with Crippen LogP contribution in [0.25, 0.3) is 0 Å². The number of ether oxygens (including phenoxy) is 1. The minimum absolute atomic E-state index is 0.149. The molecule has 0 saturated heterocycles. The molecular formula is C13H24N2O2. The van der Waals surface area contributed by atoms with Gasteiger partial charge in [0.2, 0.25) is 0 Å². The third-order valence-corrected chi connectivity index (χ3v) is 1.78. The maximum absolute atomic E-state index is 11.5. The van der Waals surface area contributed by atoms with Crippen molar-refractivity contribution in [2.24, 2.45) is 0 Å². The van der Waals surface area contributed by atoms with Gasteiger partial charge in [-0.2, -0.15) is 0 Å². The zero-order chi connectivity index (χ0) is 13.5. The average Bonchev–Trinajstić information content (AvgIpc) is 2.12. The molecule has 0 aliphatic carbocycles. The third kappa shape index (κ3) is 9.63. The minimum Gasteiger partial charge on any atom is -0.444 e. The summed E-state index contributed by atoms with van der Waals surface area (Å²) in [6.07, 6.45) is 1.24. The van der Waals surface area contributed by atoms with Crippen LogP contribution in [0.4, 0.5) is 4.79 Å². The van der Waals surface area contributed by atoms with Gasteiger partial charge in [0.05, 0.1) is 6.04 Å². The van der Waals surface area contributed by atoms with Crippen molar-refractivity contribution in [2.75, 3.05) is 13.1 Å². The van der Waals surface area contributed by atoms with Crippen molar-refractivity contribution in [3.8, 4) is 0 Å². The standard InChI is InChI=1S/C13H24N2O2/c1-7-11(9-14-8-10(2)3)15-12(16)17-13(4,5)6/h7,11,14H,1-2,8-9H2,3-6H3,(H,15,16). The zero-order valence-electron chi connectivity index (χ0n) is 11.3. The topological polar surface area (TPSA) is 50.4 Å². The first-order valence-corrected chi connectivity index (χ1v) is 5.72. The maximum atomic E-state index is 11.5. The first-order valence-electron chi connectivity index (χ1n) is 5.72. The van der Waals surface area contributed by atoms with Gasteiger partial charge >= 0.3 is 6.09 Å². The van der Waals surface area contributed by atoms with Gasteiger partial charge in [-0.05, 0) is 27.7 Å². The van der Waals surface area contributed by atoms with Gasteiger partial charge in [0.25, 0.3) is 0 Å². The average molecular weight is 240 g/mol. The van der Waals surface area contributed by atoms with E-state index in [1.165, 1.54) is 0 Å². The first-order chi connectivity index (χ1) is 7.74. The summed E-state index contributed by atoms with van der Waals surface area (Å²) in [6, 6.07) is -0.149. The van der Waals surface area contributed by atoms with E-state index in [1.54, 1.807) is 6.08 Å². The van der Waals surface area contributed by atoms with Crippen LogP contribution in [0, 0.1) is 0 Å². The highest BCUT2D eigenvalue weighted by Gasteiger charge is 2.17. The van der Waals surface area contributed by atoms with E-state index < -0.39 is 11.7 Å². The van der Waals surface area contributed by atoms with Crippen LogP contribution < -0.4 is 10.6 Å². The van der Waals surface area contributed by atoms with Crippen molar-refractivity contribution >= 4 is 6.09 Å². The van der Waals surface area contributed by atoms with E-state index in [-0.39, 0.29) is 6.04 Å². The van der Waals surface area contributed by atoms with Crippen molar-refractivity contribution in [3.05, 3.63) is 24.8 Å². The predicted molar refractivity (Wildman–Crippen MR) is 71.0 cm³/mol. The molecule has 0 fully saturated rings. The number of nitrogens with one attached hydrogen (secondary N) is 2. The Kier molecular flexibility index (Phi) is 6.58. The highest BCUT2D eigenvalue weighted by atomic mass is 16.6. The van der Waals surface area contributed by atoms with Crippen molar-refractivity contribution in [1.29, 1.82) is 0 Å². The summed E-state index contributed by atoms with van der Waals surface area (Å²) < 4.78 is 5.15. The Morgan fingerprint density at radius 3 is 2.47 bits per heavy atom. The predicted octanol–water partition coefficient (Wildman–Crippen LogP) is 2.23. The molecule has 0 spiro atoms. The van der Waals surface area contributed by atoms with Crippen LogP contribution in [0.2, 0.25) is 0 Å². The van der Waals surface area contributed by atoms with E-state index in [0.717, 1.165) is 12.1 Å². The molecule has 0 aliphatic rings. The molecule has 0 aromatic rings. The summed E-state index contributed by atoms with van der Waals surface area (Å²) in [7, 11) is 0. The molecule has 2 N–H and O–H groups in total. The number of alkyl carbamates (subject to hydrolysis) is 1. The van der Waals surface area contributed by atoms with E-state index in [4.69, 9.17) is 4.74 Å². The van der Waals surface area contributed by atoms with Gasteiger partial charge in [0.1, 0.15) is 5.60 Å². The summed E-state index contributed by atoms with van der Waals surface area (Å²) >= 11 is 0. The Labute approximate surface area is 104 Å². The molecule has 0 radical (unpaired) electrons. The van der Waals surface area contributed by atoms with Crippen molar-refractivity contribution in [3.63, 3.8) is 0 Å². The van der Waals surface area contributed by atoms with E-state index in [1.807, 2.05) is 27.7 Å². The molecule has 0 rings (SSSR count). The van der Waals surface area contributed by atoms with E-state index >= 15 is 0 Å². The van der Waals surface area contributed by atoms with Crippen LogP contribution in [-0.4, -0.2) is 30.8 Å².